The third-order valence-electron chi connectivity index (χ3n) is 4.61. The number of carbonyl (C=O) groups is 1. The Kier molecular flexibility index (Phi) is 6.47. The summed E-state index contributed by atoms with van der Waals surface area (Å²) in [4.78, 5) is 16.4. The Morgan fingerprint density at radius 2 is 1.93 bits per heavy atom. The molecule has 142 valence electrons. The number of amides is 1. The normalized spacial score (nSPS) is 10.9. The van der Waals surface area contributed by atoms with E-state index in [9.17, 15) is 4.79 Å². The van der Waals surface area contributed by atoms with Gasteiger partial charge in [0.2, 0.25) is 5.91 Å². The summed E-state index contributed by atoms with van der Waals surface area (Å²) in [7, 11) is 1.68. The third kappa shape index (κ3) is 4.88. The van der Waals surface area contributed by atoms with Gasteiger partial charge in [0, 0.05) is 25.9 Å². The maximum Gasteiger partial charge on any atom is 0.219 e. The Labute approximate surface area is 160 Å². The Morgan fingerprint density at radius 3 is 2.67 bits per heavy atom. The summed E-state index contributed by atoms with van der Waals surface area (Å²) in [5.74, 6) is 2.04. The lowest BCUT2D eigenvalue weighted by atomic mass is 10.2. The van der Waals surface area contributed by atoms with E-state index in [0.717, 1.165) is 48.4 Å². The highest BCUT2D eigenvalue weighted by atomic mass is 16.5. The van der Waals surface area contributed by atoms with Crippen molar-refractivity contribution in [2.75, 3.05) is 13.7 Å². The van der Waals surface area contributed by atoms with E-state index in [1.807, 2.05) is 37.3 Å². The van der Waals surface area contributed by atoms with Gasteiger partial charge in [0.15, 0.2) is 0 Å². The largest absolute Gasteiger partial charge is 0.497 e. The zero-order valence-electron chi connectivity index (χ0n) is 16.1. The third-order valence-corrected chi connectivity index (χ3v) is 4.61. The molecule has 0 saturated carbocycles. The predicted molar refractivity (Wildman–Crippen MR) is 108 cm³/mol. The van der Waals surface area contributed by atoms with Crippen molar-refractivity contribution < 1.29 is 9.53 Å². The molecule has 0 spiro atoms. The molecule has 3 aromatic rings. The van der Waals surface area contributed by atoms with Crippen LogP contribution in [0.1, 0.15) is 37.6 Å². The van der Waals surface area contributed by atoms with Crippen molar-refractivity contribution in [3.63, 3.8) is 0 Å². The maximum absolute atomic E-state index is 11.6. The number of aromatic nitrogens is 2. The van der Waals surface area contributed by atoms with Crippen LogP contribution in [-0.2, 0) is 17.8 Å². The fourth-order valence-electron chi connectivity index (χ4n) is 3.20. The summed E-state index contributed by atoms with van der Waals surface area (Å²) in [6, 6.07) is 16.4. The molecule has 27 heavy (non-hydrogen) atoms. The first-order chi connectivity index (χ1) is 13.2. The highest BCUT2D eigenvalue weighted by Crippen LogP contribution is 2.20. The molecular formula is C22H27N3O2. The average molecular weight is 365 g/mol. The zero-order valence-corrected chi connectivity index (χ0v) is 16.1. The molecule has 1 heterocycles. The van der Waals surface area contributed by atoms with Crippen molar-refractivity contribution in [3.8, 4) is 5.75 Å². The minimum absolute atomic E-state index is 0.129. The van der Waals surface area contributed by atoms with Crippen molar-refractivity contribution in [1.29, 1.82) is 0 Å². The number of imidazole rings is 1. The van der Waals surface area contributed by atoms with E-state index >= 15 is 0 Å². The van der Waals surface area contributed by atoms with Gasteiger partial charge in [-0.15, -0.1) is 0 Å². The topological polar surface area (TPSA) is 56.2 Å². The van der Waals surface area contributed by atoms with Crippen LogP contribution in [0.5, 0.6) is 5.75 Å². The summed E-state index contributed by atoms with van der Waals surface area (Å²) in [5, 5.41) is 2.98. The van der Waals surface area contributed by atoms with Crippen LogP contribution in [0, 0.1) is 0 Å². The van der Waals surface area contributed by atoms with Crippen LogP contribution in [0.3, 0.4) is 0 Å². The molecule has 0 aliphatic heterocycles. The van der Waals surface area contributed by atoms with Gasteiger partial charge >= 0.3 is 0 Å². The lowest BCUT2D eigenvalue weighted by molar-refractivity contribution is -0.121. The predicted octanol–water partition coefficient (Wildman–Crippen LogP) is 3.94. The van der Waals surface area contributed by atoms with Crippen LogP contribution in [0.15, 0.2) is 48.5 Å². The highest BCUT2D eigenvalue weighted by Gasteiger charge is 2.11. The number of hydrogen-bond acceptors (Lipinski definition) is 3. The molecule has 0 aliphatic rings. The quantitative estimate of drug-likeness (QED) is 0.584. The van der Waals surface area contributed by atoms with Crippen molar-refractivity contribution >= 4 is 16.9 Å². The first-order valence-electron chi connectivity index (χ1n) is 9.55. The highest BCUT2D eigenvalue weighted by molar-refractivity contribution is 5.76. The molecule has 0 atom stereocenters. The summed E-state index contributed by atoms with van der Waals surface area (Å²) < 4.78 is 7.52. The van der Waals surface area contributed by atoms with E-state index in [2.05, 4.69) is 28.1 Å². The van der Waals surface area contributed by atoms with Crippen molar-refractivity contribution in [3.05, 3.63) is 59.9 Å². The number of fused-ring (bicyclic) bond motifs is 1. The zero-order chi connectivity index (χ0) is 19.1. The number of methoxy groups -OCH3 is 1. The second-order valence-corrected chi connectivity index (χ2v) is 6.65. The number of aryl methyl sites for hydroxylation is 1. The van der Waals surface area contributed by atoms with Gasteiger partial charge in [-0.05, 0) is 42.7 Å². The summed E-state index contributed by atoms with van der Waals surface area (Å²) in [6.07, 6.45) is 3.18. The van der Waals surface area contributed by atoms with Gasteiger partial charge in [-0.25, -0.2) is 4.98 Å². The van der Waals surface area contributed by atoms with Crippen LogP contribution < -0.4 is 10.1 Å². The van der Waals surface area contributed by atoms with Gasteiger partial charge in [0.1, 0.15) is 11.6 Å². The standard InChI is InChI=1S/C22H27N3O2/c1-3-7-22(26)23-15-6-10-21-24-19-8-4-5-9-20(19)25(21)16-17-11-13-18(27-2)14-12-17/h4-5,8-9,11-14H,3,6-7,10,15-16H2,1-2H3,(H,23,26). The van der Waals surface area contributed by atoms with Crippen molar-refractivity contribution in [2.45, 2.75) is 39.2 Å². The Bertz CT molecular complexity index is 884. The van der Waals surface area contributed by atoms with Gasteiger partial charge in [-0.2, -0.15) is 0 Å². The molecule has 0 aliphatic carbocycles. The number of nitrogens with zero attached hydrogens (tertiary/aromatic N) is 2. The van der Waals surface area contributed by atoms with Gasteiger partial charge in [0.05, 0.1) is 18.1 Å². The number of benzene rings is 2. The number of ether oxygens (including phenoxy) is 1. The number of carbonyl (C=O) groups excluding carboxylic acids is 1. The lowest BCUT2D eigenvalue weighted by Gasteiger charge is -2.10. The Hall–Kier alpha value is -2.82. The van der Waals surface area contributed by atoms with Crippen LogP contribution in [0.25, 0.3) is 11.0 Å². The minimum atomic E-state index is 0.129. The van der Waals surface area contributed by atoms with Crippen molar-refractivity contribution in [2.24, 2.45) is 0 Å². The fourth-order valence-corrected chi connectivity index (χ4v) is 3.20. The van der Waals surface area contributed by atoms with Gasteiger partial charge in [0.25, 0.3) is 0 Å². The molecule has 1 N–H and O–H groups in total. The average Bonchev–Trinajstić information content (AvgIpc) is 3.03. The summed E-state index contributed by atoms with van der Waals surface area (Å²) in [6.45, 7) is 3.47. The lowest BCUT2D eigenvalue weighted by Crippen LogP contribution is -2.24. The second kappa shape index (κ2) is 9.21. The Morgan fingerprint density at radius 1 is 1.15 bits per heavy atom. The summed E-state index contributed by atoms with van der Waals surface area (Å²) >= 11 is 0. The van der Waals surface area contributed by atoms with Crippen LogP contribution in [-0.4, -0.2) is 29.1 Å². The van der Waals surface area contributed by atoms with E-state index in [1.165, 1.54) is 5.56 Å². The number of para-hydroxylation sites is 2. The molecule has 0 saturated heterocycles. The number of rotatable bonds is 9. The van der Waals surface area contributed by atoms with Crippen molar-refractivity contribution in [1.82, 2.24) is 14.9 Å². The molecule has 0 bridgehead atoms. The molecule has 5 heteroatoms. The molecule has 3 rings (SSSR count). The molecule has 1 amide bonds. The van der Waals surface area contributed by atoms with Crippen LogP contribution in [0.4, 0.5) is 0 Å². The van der Waals surface area contributed by atoms with Crippen LogP contribution in [0.2, 0.25) is 0 Å². The van der Waals surface area contributed by atoms with Gasteiger partial charge in [-0.1, -0.05) is 31.2 Å². The van der Waals surface area contributed by atoms with E-state index < -0.39 is 0 Å². The van der Waals surface area contributed by atoms with E-state index in [1.54, 1.807) is 7.11 Å². The first kappa shape index (κ1) is 19.0. The maximum atomic E-state index is 11.6. The van der Waals surface area contributed by atoms with E-state index in [4.69, 9.17) is 9.72 Å². The fraction of sp³-hybridized carbons (Fsp3) is 0.364. The molecule has 5 nitrogen and oxygen atoms in total. The SMILES string of the molecule is CCCC(=O)NCCCc1nc2ccccc2n1Cc1ccc(OC)cc1. The molecule has 0 fully saturated rings. The first-order valence-corrected chi connectivity index (χ1v) is 9.55. The van der Waals surface area contributed by atoms with E-state index in [-0.39, 0.29) is 5.91 Å². The Balaban J connectivity index is 1.74. The minimum Gasteiger partial charge on any atom is -0.497 e. The monoisotopic (exact) mass is 365 g/mol. The second-order valence-electron chi connectivity index (χ2n) is 6.65. The molecule has 1 aromatic heterocycles. The van der Waals surface area contributed by atoms with Gasteiger partial charge in [-0.3, -0.25) is 4.79 Å². The van der Waals surface area contributed by atoms with Crippen LogP contribution >= 0.6 is 0 Å². The molecule has 2 aromatic carbocycles. The summed E-state index contributed by atoms with van der Waals surface area (Å²) in [5.41, 5.74) is 3.35. The number of nitrogens with one attached hydrogen (secondary N) is 1. The molecular weight excluding hydrogens is 338 g/mol. The number of hydrogen-bond donors (Lipinski definition) is 1. The molecule has 0 radical (unpaired) electrons. The van der Waals surface area contributed by atoms with Gasteiger partial charge < -0.3 is 14.6 Å². The van der Waals surface area contributed by atoms with E-state index in [0.29, 0.717) is 13.0 Å². The smallest absolute Gasteiger partial charge is 0.219 e. The molecule has 0 unspecified atom stereocenters.